The summed E-state index contributed by atoms with van der Waals surface area (Å²) < 4.78 is 10.7. The quantitative estimate of drug-likeness (QED) is 0.579. The van der Waals surface area contributed by atoms with E-state index in [2.05, 4.69) is 27.6 Å². The molecule has 0 unspecified atom stereocenters. The van der Waals surface area contributed by atoms with Crippen LogP contribution in [0.4, 0.5) is 0 Å². The number of aromatic nitrogens is 1. The molecular formula is C17H20N4O2. The molecule has 0 fully saturated rings. The lowest BCUT2D eigenvalue weighted by Crippen LogP contribution is -2.39. The van der Waals surface area contributed by atoms with E-state index in [1.807, 2.05) is 36.2 Å². The van der Waals surface area contributed by atoms with Gasteiger partial charge in [0.15, 0.2) is 5.96 Å². The van der Waals surface area contributed by atoms with Crippen LogP contribution in [-0.4, -0.2) is 36.7 Å². The van der Waals surface area contributed by atoms with Crippen LogP contribution in [0, 0.1) is 0 Å². The van der Waals surface area contributed by atoms with Crippen molar-refractivity contribution in [1.29, 1.82) is 0 Å². The fourth-order valence-electron chi connectivity index (χ4n) is 2.48. The number of nitrogens with zero attached hydrogens (tertiary/aromatic N) is 3. The first-order valence-electron chi connectivity index (χ1n) is 7.55. The van der Waals surface area contributed by atoms with Crippen LogP contribution in [0.15, 0.2) is 56.6 Å². The van der Waals surface area contributed by atoms with Gasteiger partial charge in [0, 0.05) is 38.5 Å². The molecule has 0 saturated heterocycles. The maximum atomic E-state index is 5.81. The van der Waals surface area contributed by atoms with E-state index in [0.29, 0.717) is 6.54 Å². The molecule has 0 aliphatic rings. The second-order valence-corrected chi connectivity index (χ2v) is 5.32. The van der Waals surface area contributed by atoms with E-state index >= 15 is 0 Å². The molecular weight excluding hydrogens is 292 g/mol. The Bertz CT molecular complexity index is 744. The van der Waals surface area contributed by atoms with Crippen LogP contribution in [0.5, 0.6) is 0 Å². The third-order valence-corrected chi connectivity index (χ3v) is 3.59. The standard InChI is InChI=1S/C17H20N4O2/c1-18-17(21(2)12-14-8-10-22-20-14)19-9-7-15-11-13-5-3-4-6-16(13)23-15/h3-6,8,10-11H,7,9,12H2,1-2H3,(H,18,19). The molecule has 0 saturated carbocycles. The van der Waals surface area contributed by atoms with Gasteiger partial charge in [0.1, 0.15) is 23.3 Å². The average molecular weight is 312 g/mol. The Morgan fingerprint density at radius 2 is 2.17 bits per heavy atom. The SMILES string of the molecule is CN=C(NCCc1cc2ccccc2o1)N(C)Cc1ccon1. The summed E-state index contributed by atoms with van der Waals surface area (Å²) in [7, 11) is 3.73. The predicted octanol–water partition coefficient (Wildman–Crippen LogP) is 2.67. The average Bonchev–Trinajstić information content (AvgIpc) is 3.20. The van der Waals surface area contributed by atoms with Crippen molar-refractivity contribution in [3.63, 3.8) is 0 Å². The number of aliphatic imine (C=N–C) groups is 1. The molecule has 0 spiro atoms. The summed E-state index contributed by atoms with van der Waals surface area (Å²) >= 11 is 0. The number of rotatable bonds is 5. The number of nitrogens with one attached hydrogen (secondary N) is 1. The molecule has 0 aliphatic carbocycles. The van der Waals surface area contributed by atoms with Crippen LogP contribution in [0.25, 0.3) is 11.0 Å². The Morgan fingerprint density at radius 3 is 2.91 bits per heavy atom. The molecule has 0 amide bonds. The summed E-state index contributed by atoms with van der Waals surface area (Å²) in [5, 5.41) is 8.38. The number of hydrogen-bond donors (Lipinski definition) is 1. The van der Waals surface area contributed by atoms with Gasteiger partial charge in [-0.2, -0.15) is 0 Å². The van der Waals surface area contributed by atoms with Crippen LogP contribution in [0.2, 0.25) is 0 Å². The lowest BCUT2D eigenvalue weighted by atomic mass is 10.2. The minimum atomic E-state index is 0.640. The second-order valence-electron chi connectivity index (χ2n) is 5.32. The van der Waals surface area contributed by atoms with Gasteiger partial charge < -0.3 is 19.2 Å². The summed E-state index contributed by atoms with van der Waals surface area (Å²) in [6, 6.07) is 12.0. The Labute approximate surface area is 134 Å². The van der Waals surface area contributed by atoms with E-state index in [9.17, 15) is 0 Å². The molecule has 2 aromatic heterocycles. The molecule has 0 atom stereocenters. The largest absolute Gasteiger partial charge is 0.461 e. The molecule has 3 rings (SSSR count). The molecule has 1 aromatic carbocycles. The van der Waals surface area contributed by atoms with Crippen molar-refractivity contribution in [1.82, 2.24) is 15.4 Å². The van der Waals surface area contributed by atoms with E-state index < -0.39 is 0 Å². The second kappa shape index (κ2) is 7.00. The molecule has 1 N–H and O–H groups in total. The van der Waals surface area contributed by atoms with Gasteiger partial charge >= 0.3 is 0 Å². The third kappa shape index (κ3) is 3.71. The van der Waals surface area contributed by atoms with Gasteiger partial charge in [0.2, 0.25) is 0 Å². The van der Waals surface area contributed by atoms with Gasteiger partial charge in [-0.1, -0.05) is 23.4 Å². The smallest absolute Gasteiger partial charge is 0.193 e. The van der Waals surface area contributed by atoms with Crippen molar-refractivity contribution in [2.45, 2.75) is 13.0 Å². The van der Waals surface area contributed by atoms with Crippen LogP contribution in [0.1, 0.15) is 11.5 Å². The number of para-hydroxylation sites is 1. The number of furan rings is 1. The molecule has 6 nitrogen and oxygen atoms in total. The highest BCUT2D eigenvalue weighted by molar-refractivity contribution is 5.79. The number of hydrogen-bond acceptors (Lipinski definition) is 4. The van der Waals surface area contributed by atoms with Crippen molar-refractivity contribution in [3.8, 4) is 0 Å². The zero-order valence-corrected chi connectivity index (χ0v) is 13.3. The Hall–Kier alpha value is -2.76. The lowest BCUT2D eigenvalue weighted by molar-refractivity contribution is 0.391. The van der Waals surface area contributed by atoms with E-state index in [0.717, 1.165) is 41.3 Å². The predicted molar refractivity (Wildman–Crippen MR) is 89.2 cm³/mol. The lowest BCUT2D eigenvalue weighted by Gasteiger charge is -2.20. The minimum Gasteiger partial charge on any atom is -0.461 e. The number of benzene rings is 1. The summed E-state index contributed by atoms with van der Waals surface area (Å²) in [6.45, 7) is 1.39. The van der Waals surface area contributed by atoms with Gasteiger partial charge in [0.25, 0.3) is 0 Å². The van der Waals surface area contributed by atoms with Gasteiger partial charge in [-0.15, -0.1) is 0 Å². The van der Waals surface area contributed by atoms with Gasteiger partial charge in [-0.3, -0.25) is 4.99 Å². The van der Waals surface area contributed by atoms with Crippen LogP contribution >= 0.6 is 0 Å². The van der Waals surface area contributed by atoms with E-state index in [1.54, 1.807) is 13.3 Å². The monoisotopic (exact) mass is 312 g/mol. The first-order chi connectivity index (χ1) is 11.3. The van der Waals surface area contributed by atoms with E-state index in [4.69, 9.17) is 8.94 Å². The number of fused-ring (bicyclic) bond motifs is 1. The zero-order chi connectivity index (χ0) is 16.1. The van der Waals surface area contributed by atoms with Gasteiger partial charge in [0.05, 0.1) is 6.54 Å². The maximum Gasteiger partial charge on any atom is 0.193 e. The van der Waals surface area contributed by atoms with E-state index in [-0.39, 0.29) is 0 Å². The van der Waals surface area contributed by atoms with Gasteiger partial charge in [-0.05, 0) is 12.1 Å². The summed E-state index contributed by atoms with van der Waals surface area (Å²) in [4.78, 5) is 6.28. The Morgan fingerprint density at radius 1 is 1.30 bits per heavy atom. The molecule has 0 radical (unpaired) electrons. The van der Waals surface area contributed by atoms with Crippen molar-refractivity contribution in [2.75, 3.05) is 20.6 Å². The number of guanidine groups is 1. The first-order valence-corrected chi connectivity index (χ1v) is 7.55. The zero-order valence-electron chi connectivity index (χ0n) is 13.3. The van der Waals surface area contributed by atoms with Crippen molar-refractivity contribution >= 4 is 16.9 Å². The molecule has 2 heterocycles. The van der Waals surface area contributed by atoms with Crippen molar-refractivity contribution in [3.05, 3.63) is 54.1 Å². The fraction of sp³-hybridized carbons (Fsp3) is 0.294. The Balaban J connectivity index is 1.53. The molecule has 120 valence electrons. The normalized spacial score (nSPS) is 11.8. The molecule has 3 aromatic rings. The summed E-state index contributed by atoms with van der Waals surface area (Å²) in [5.41, 5.74) is 1.79. The fourth-order valence-corrected chi connectivity index (χ4v) is 2.48. The third-order valence-electron chi connectivity index (χ3n) is 3.59. The van der Waals surface area contributed by atoms with Gasteiger partial charge in [-0.25, -0.2) is 0 Å². The molecule has 0 bridgehead atoms. The highest BCUT2D eigenvalue weighted by atomic mass is 16.5. The van der Waals surface area contributed by atoms with Crippen LogP contribution < -0.4 is 5.32 Å². The highest BCUT2D eigenvalue weighted by Crippen LogP contribution is 2.18. The van der Waals surface area contributed by atoms with Crippen LogP contribution in [-0.2, 0) is 13.0 Å². The van der Waals surface area contributed by atoms with Crippen molar-refractivity contribution in [2.24, 2.45) is 4.99 Å². The molecule has 23 heavy (non-hydrogen) atoms. The topological polar surface area (TPSA) is 66.8 Å². The molecule has 0 aliphatic heterocycles. The van der Waals surface area contributed by atoms with Crippen molar-refractivity contribution < 1.29 is 8.94 Å². The summed E-state index contributed by atoms with van der Waals surface area (Å²) in [5.74, 6) is 1.78. The summed E-state index contributed by atoms with van der Waals surface area (Å²) in [6.07, 6.45) is 2.37. The van der Waals surface area contributed by atoms with Crippen LogP contribution in [0.3, 0.4) is 0 Å². The Kier molecular flexibility index (Phi) is 4.61. The first kappa shape index (κ1) is 15.1. The van der Waals surface area contributed by atoms with E-state index in [1.165, 1.54) is 0 Å². The maximum absolute atomic E-state index is 5.81. The highest BCUT2D eigenvalue weighted by Gasteiger charge is 2.09. The minimum absolute atomic E-state index is 0.640. The molecule has 6 heteroatoms.